The van der Waals surface area contributed by atoms with Crippen LogP contribution in [0.3, 0.4) is 0 Å². The average molecular weight is 248 g/mol. The molecule has 1 saturated heterocycles. The normalized spacial score (nSPS) is 18.8. The summed E-state index contributed by atoms with van der Waals surface area (Å²) in [4.78, 5) is 28.7. The van der Waals surface area contributed by atoms with E-state index < -0.39 is 0 Å². The fraction of sp³-hybridized carbons (Fsp3) is 0.538. The number of H-pyrrole nitrogens is 1. The minimum Gasteiger partial charge on any atom is -0.378 e. The van der Waals surface area contributed by atoms with E-state index in [-0.39, 0.29) is 17.0 Å². The molecule has 3 rings (SSSR count). The minimum atomic E-state index is -0.257. The van der Waals surface area contributed by atoms with Crippen LogP contribution in [-0.2, 0) is 17.6 Å². The van der Waals surface area contributed by atoms with Gasteiger partial charge < -0.3 is 14.6 Å². The van der Waals surface area contributed by atoms with Gasteiger partial charge in [-0.25, -0.2) is 0 Å². The van der Waals surface area contributed by atoms with Crippen molar-refractivity contribution in [2.75, 3.05) is 26.3 Å². The van der Waals surface area contributed by atoms with Gasteiger partial charge in [0.15, 0.2) is 0 Å². The van der Waals surface area contributed by atoms with E-state index in [1.807, 2.05) is 0 Å². The number of nitrogens with one attached hydrogen (secondary N) is 1. The van der Waals surface area contributed by atoms with Crippen molar-refractivity contribution in [1.82, 2.24) is 9.88 Å². The van der Waals surface area contributed by atoms with Gasteiger partial charge in [0, 0.05) is 18.8 Å². The van der Waals surface area contributed by atoms with Crippen molar-refractivity contribution in [1.29, 1.82) is 0 Å². The Kier molecular flexibility index (Phi) is 2.91. The van der Waals surface area contributed by atoms with E-state index in [4.69, 9.17) is 4.74 Å². The van der Waals surface area contributed by atoms with Gasteiger partial charge in [0.05, 0.1) is 13.2 Å². The van der Waals surface area contributed by atoms with Gasteiger partial charge >= 0.3 is 0 Å². The van der Waals surface area contributed by atoms with Gasteiger partial charge in [0.2, 0.25) is 0 Å². The Morgan fingerprint density at radius 3 is 2.83 bits per heavy atom. The Balaban J connectivity index is 1.91. The summed E-state index contributed by atoms with van der Waals surface area (Å²) in [6.07, 6.45) is 2.92. The molecule has 18 heavy (non-hydrogen) atoms. The van der Waals surface area contributed by atoms with Crippen LogP contribution in [0.25, 0.3) is 0 Å². The number of pyridine rings is 1. The van der Waals surface area contributed by atoms with Gasteiger partial charge in [-0.2, -0.15) is 0 Å². The average Bonchev–Trinajstić information content (AvgIpc) is 2.85. The minimum absolute atomic E-state index is 0.172. The van der Waals surface area contributed by atoms with E-state index in [2.05, 4.69) is 4.98 Å². The lowest BCUT2D eigenvalue weighted by Crippen LogP contribution is -2.42. The predicted molar refractivity (Wildman–Crippen MR) is 65.8 cm³/mol. The molecule has 1 aromatic rings. The molecule has 1 fully saturated rings. The standard InChI is InChI=1S/C13H16N2O3/c16-12-10(8-9-2-1-3-11(9)14-12)13(17)15-4-6-18-7-5-15/h8H,1-7H2,(H,14,16). The molecule has 0 radical (unpaired) electrons. The van der Waals surface area contributed by atoms with Crippen molar-refractivity contribution in [3.63, 3.8) is 0 Å². The molecule has 0 bridgehead atoms. The zero-order valence-electron chi connectivity index (χ0n) is 10.2. The monoisotopic (exact) mass is 248 g/mol. The molecule has 96 valence electrons. The second kappa shape index (κ2) is 4.57. The Hall–Kier alpha value is -1.62. The Bertz CT molecular complexity index is 530. The number of ether oxygens (including phenoxy) is 1. The van der Waals surface area contributed by atoms with E-state index in [1.165, 1.54) is 0 Å². The number of aryl methyl sites for hydroxylation is 2. The molecule has 1 amide bonds. The van der Waals surface area contributed by atoms with Crippen LogP contribution in [0.2, 0.25) is 0 Å². The van der Waals surface area contributed by atoms with Crippen LogP contribution < -0.4 is 5.56 Å². The molecule has 2 aliphatic rings. The smallest absolute Gasteiger partial charge is 0.261 e. The van der Waals surface area contributed by atoms with Gasteiger partial charge in [-0.15, -0.1) is 0 Å². The summed E-state index contributed by atoms with van der Waals surface area (Å²) < 4.78 is 5.21. The zero-order valence-corrected chi connectivity index (χ0v) is 10.2. The second-order valence-electron chi connectivity index (χ2n) is 4.77. The molecular formula is C13H16N2O3. The lowest BCUT2D eigenvalue weighted by Gasteiger charge is -2.26. The van der Waals surface area contributed by atoms with Crippen LogP contribution in [0.5, 0.6) is 0 Å². The summed E-state index contributed by atoms with van der Waals surface area (Å²) >= 11 is 0. The van der Waals surface area contributed by atoms with Gasteiger partial charge in [0.1, 0.15) is 5.56 Å². The fourth-order valence-electron chi connectivity index (χ4n) is 2.61. The first-order valence-electron chi connectivity index (χ1n) is 6.38. The van der Waals surface area contributed by atoms with E-state index in [9.17, 15) is 9.59 Å². The van der Waals surface area contributed by atoms with Gasteiger partial charge in [-0.05, 0) is 30.9 Å². The van der Waals surface area contributed by atoms with Crippen molar-refractivity contribution >= 4 is 5.91 Å². The maximum atomic E-state index is 12.3. The van der Waals surface area contributed by atoms with Crippen LogP contribution in [0.4, 0.5) is 0 Å². The topological polar surface area (TPSA) is 62.4 Å². The number of rotatable bonds is 1. The van der Waals surface area contributed by atoms with Crippen LogP contribution in [-0.4, -0.2) is 42.1 Å². The molecule has 5 heteroatoms. The molecule has 0 aromatic carbocycles. The molecule has 1 aliphatic heterocycles. The third-order valence-electron chi connectivity index (χ3n) is 3.62. The van der Waals surface area contributed by atoms with Crippen LogP contribution in [0.1, 0.15) is 28.0 Å². The van der Waals surface area contributed by atoms with E-state index in [0.717, 1.165) is 30.5 Å². The number of fused-ring (bicyclic) bond motifs is 1. The molecule has 0 atom stereocenters. The molecule has 2 heterocycles. The van der Waals surface area contributed by atoms with Crippen LogP contribution >= 0.6 is 0 Å². The molecule has 5 nitrogen and oxygen atoms in total. The highest BCUT2D eigenvalue weighted by atomic mass is 16.5. The number of aromatic amines is 1. The van der Waals surface area contributed by atoms with E-state index >= 15 is 0 Å². The summed E-state index contributed by atoms with van der Waals surface area (Å²) in [6.45, 7) is 2.23. The maximum Gasteiger partial charge on any atom is 0.261 e. The number of hydrogen-bond donors (Lipinski definition) is 1. The van der Waals surface area contributed by atoms with Crippen molar-refractivity contribution in [3.8, 4) is 0 Å². The predicted octanol–water partition coefficient (Wildman–Crippen LogP) is 0.336. The molecular weight excluding hydrogens is 232 g/mol. The quantitative estimate of drug-likeness (QED) is 0.779. The van der Waals surface area contributed by atoms with Gasteiger partial charge in [-0.1, -0.05) is 0 Å². The number of aromatic nitrogens is 1. The fourth-order valence-corrected chi connectivity index (χ4v) is 2.61. The third kappa shape index (κ3) is 1.95. The summed E-state index contributed by atoms with van der Waals surface area (Å²) in [5, 5.41) is 0. The third-order valence-corrected chi connectivity index (χ3v) is 3.62. The van der Waals surface area contributed by atoms with Crippen molar-refractivity contribution in [2.45, 2.75) is 19.3 Å². The lowest BCUT2D eigenvalue weighted by atomic mass is 10.1. The highest BCUT2D eigenvalue weighted by Gasteiger charge is 2.23. The largest absolute Gasteiger partial charge is 0.378 e. The highest BCUT2D eigenvalue weighted by molar-refractivity contribution is 5.94. The summed E-state index contributed by atoms with van der Waals surface area (Å²) in [6, 6.07) is 1.78. The first-order valence-corrected chi connectivity index (χ1v) is 6.38. The van der Waals surface area contributed by atoms with Crippen LogP contribution in [0.15, 0.2) is 10.9 Å². The number of morpholine rings is 1. The maximum absolute atomic E-state index is 12.3. The summed E-state index contributed by atoms with van der Waals surface area (Å²) in [5.41, 5.74) is 2.13. The highest BCUT2D eigenvalue weighted by Crippen LogP contribution is 2.19. The Morgan fingerprint density at radius 2 is 2.06 bits per heavy atom. The Morgan fingerprint density at radius 1 is 1.28 bits per heavy atom. The molecule has 0 spiro atoms. The Labute approximate surface area is 105 Å². The van der Waals surface area contributed by atoms with Crippen molar-refractivity contribution in [2.24, 2.45) is 0 Å². The molecule has 1 N–H and O–H groups in total. The number of carbonyl (C=O) groups is 1. The number of nitrogens with zero attached hydrogens (tertiary/aromatic N) is 1. The summed E-state index contributed by atoms with van der Waals surface area (Å²) in [7, 11) is 0. The van der Waals surface area contributed by atoms with Crippen molar-refractivity contribution in [3.05, 3.63) is 33.2 Å². The first kappa shape index (κ1) is 11.5. The molecule has 0 unspecified atom stereocenters. The first-order chi connectivity index (χ1) is 8.75. The second-order valence-corrected chi connectivity index (χ2v) is 4.77. The van der Waals surface area contributed by atoms with Crippen molar-refractivity contribution < 1.29 is 9.53 Å². The van der Waals surface area contributed by atoms with E-state index in [1.54, 1.807) is 11.0 Å². The molecule has 0 saturated carbocycles. The number of carbonyl (C=O) groups excluding carboxylic acids is 1. The van der Waals surface area contributed by atoms with Gasteiger partial charge in [-0.3, -0.25) is 9.59 Å². The molecule has 1 aromatic heterocycles. The molecule has 1 aliphatic carbocycles. The zero-order chi connectivity index (χ0) is 12.5. The number of amides is 1. The van der Waals surface area contributed by atoms with E-state index in [0.29, 0.717) is 26.3 Å². The number of hydrogen-bond acceptors (Lipinski definition) is 3. The summed E-state index contributed by atoms with van der Waals surface area (Å²) in [5.74, 6) is -0.172. The van der Waals surface area contributed by atoms with Gasteiger partial charge in [0.25, 0.3) is 11.5 Å². The SMILES string of the molecule is O=C(c1cc2c([nH]c1=O)CCC2)N1CCOCC1. The van der Waals surface area contributed by atoms with Crippen LogP contribution in [0, 0.1) is 0 Å². The lowest BCUT2D eigenvalue weighted by molar-refractivity contribution is 0.0301.